The quantitative estimate of drug-likeness (QED) is 0.827. The summed E-state index contributed by atoms with van der Waals surface area (Å²) in [7, 11) is 0. The van der Waals surface area contributed by atoms with Crippen molar-refractivity contribution >= 4 is 17.5 Å². The van der Waals surface area contributed by atoms with Crippen LogP contribution in [-0.2, 0) is 16.0 Å². The molecule has 134 valence electrons. The number of hydrogen-bond acceptors (Lipinski definition) is 2. The normalized spacial score (nSPS) is 16.8. The molecule has 26 heavy (non-hydrogen) atoms. The molecule has 1 aliphatic rings. The van der Waals surface area contributed by atoms with Crippen molar-refractivity contribution in [3.63, 3.8) is 0 Å². The fourth-order valence-corrected chi connectivity index (χ4v) is 3.43. The molecule has 0 radical (unpaired) electrons. The van der Waals surface area contributed by atoms with Crippen LogP contribution < -0.4 is 5.32 Å². The van der Waals surface area contributed by atoms with Crippen LogP contribution in [0.2, 0.25) is 0 Å². The molecular formula is C22H24N2O2. The molecule has 1 fully saturated rings. The minimum absolute atomic E-state index is 0.154. The number of nitrogens with one attached hydrogen (secondary N) is 1. The average molecular weight is 348 g/mol. The van der Waals surface area contributed by atoms with Gasteiger partial charge in [-0.2, -0.15) is 0 Å². The number of piperidine rings is 1. The molecule has 1 saturated heterocycles. The third kappa shape index (κ3) is 4.39. The molecule has 2 aromatic rings. The van der Waals surface area contributed by atoms with E-state index in [0.29, 0.717) is 12.1 Å². The molecule has 1 unspecified atom stereocenters. The number of rotatable bonds is 5. The Morgan fingerprint density at radius 3 is 2.50 bits per heavy atom. The molecular weight excluding hydrogens is 324 g/mol. The Hall–Kier alpha value is -2.88. The zero-order valence-corrected chi connectivity index (χ0v) is 14.9. The fraction of sp³-hybridized carbons (Fsp3) is 0.273. The van der Waals surface area contributed by atoms with Crippen LogP contribution in [0.15, 0.2) is 67.3 Å². The number of carbonyl (C=O) groups is 2. The van der Waals surface area contributed by atoms with Crippen LogP contribution >= 0.6 is 0 Å². The lowest BCUT2D eigenvalue weighted by atomic mass is 9.94. The van der Waals surface area contributed by atoms with Crippen LogP contribution in [0.25, 0.3) is 0 Å². The molecule has 1 aliphatic heterocycles. The monoisotopic (exact) mass is 348 g/mol. The van der Waals surface area contributed by atoms with Gasteiger partial charge in [0.2, 0.25) is 11.8 Å². The molecule has 1 N–H and O–H groups in total. The van der Waals surface area contributed by atoms with Crippen molar-refractivity contribution in [3.8, 4) is 0 Å². The van der Waals surface area contributed by atoms with Gasteiger partial charge >= 0.3 is 0 Å². The van der Waals surface area contributed by atoms with Crippen molar-refractivity contribution < 1.29 is 9.59 Å². The Morgan fingerprint density at radius 2 is 1.81 bits per heavy atom. The molecule has 0 aliphatic carbocycles. The van der Waals surface area contributed by atoms with Gasteiger partial charge in [-0.05, 0) is 48.6 Å². The average Bonchev–Trinajstić information content (AvgIpc) is 2.70. The Morgan fingerprint density at radius 1 is 1.08 bits per heavy atom. The number of benzene rings is 2. The highest BCUT2D eigenvalue weighted by Gasteiger charge is 2.27. The zero-order valence-electron chi connectivity index (χ0n) is 14.9. The molecule has 1 atom stereocenters. The lowest BCUT2D eigenvalue weighted by Crippen LogP contribution is -2.39. The number of hydrogen-bond donors (Lipinski definition) is 1. The van der Waals surface area contributed by atoms with Gasteiger partial charge in [0.15, 0.2) is 0 Å². The van der Waals surface area contributed by atoms with E-state index >= 15 is 0 Å². The van der Waals surface area contributed by atoms with Gasteiger partial charge in [0.25, 0.3) is 0 Å². The lowest BCUT2D eigenvalue weighted by molar-refractivity contribution is -0.134. The van der Waals surface area contributed by atoms with Crippen LogP contribution in [0.4, 0.5) is 5.69 Å². The molecule has 0 saturated carbocycles. The minimum Gasteiger partial charge on any atom is -0.335 e. The van der Waals surface area contributed by atoms with Crippen molar-refractivity contribution in [2.75, 3.05) is 11.9 Å². The second-order valence-electron chi connectivity index (χ2n) is 6.58. The van der Waals surface area contributed by atoms with Gasteiger partial charge in [-0.1, -0.05) is 49.0 Å². The topological polar surface area (TPSA) is 49.4 Å². The number of anilines is 1. The molecule has 4 heteroatoms. The van der Waals surface area contributed by atoms with Crippen molar-refractivity contribution in [2.45, 2.75) is 31.7 Å². The summed E-state index contributed by atoms with van der Waals surface area (Å²) in [4.78, 5) is 26.3. The molecule has 0 bridgehead atoms. The summed E-state index contributed by atoms with van der Waals surface area (Å²) in [6.07, 6.45) is 4.83. The molecule has 0 spiro atoms. The first-order chi connectivity index (χ1) is 12.7. The number of likely N-dealkylation sites (tertiary alicyclic amines) is 1. The second-order valence-corrected chi connectivity index (χ2v) is 6.58. The number of carbonyl (C=O) groups excluding carboxylic acids is 2. The van der Waals surface area contributed by atoms with Gasteiger partial charge in [0, 0.05) is 12.2 Å². The van der Waals surface area contributed by atoms with Crippen LogP contribution in [0.1, 0.15) is 36.4 Å². The maximum Gasteiger partial charge on any atom is 0.247 e. The van der Waals surface area contributed by atoms with E-state index in [9.17, 15) is 9.59 Å². The van der Waals surface area contributed by atoms with E-state index in [1.807, 2.05) is 47.4 Å². The van der Waals surface area contributed by atoms with E-state index in [-0.39, 0.29) is 17.9 Å². The van der Waals surface area contributed by atoms with Gasteiger partial charge in [0.05, 0.1) is 12.5 Å². The third-order valence-corrected chi connectivity index (χ3v) is 4.77. The summed E-state index contributed by atoms with van der Waals surface area (Å²) in [5.74, 6) is -0.0886. The third-order valence-electron chi connectivity index (χ3n) is 4.77. The standard InChI is InChI=1S/C22H24N2O2/c1-2-21(25)23-19-13-11-17(12-14-19)16-22(26)24-15-7-6-10-20(24)18-8-4-3-5-9-18/h2-5,8-9,11-14,20H,1,6-7,10,15-16H2,(H,23,25). The van der Waals surface area contributed by atoms with Gasteiger partial charge < -0.3 is 10.2 Å². The van der Waals surface area contributed by atoms with Gasteiger partial charge in [-0.3, -0.25) is 9.59 Å². The predicted molar refractivity (Wildman–Crippen MR) is 104 cm³/mol. The highest BCUT2D eigenvalue weighted by molar-refractivity contribution is 5.98. The maximum atomic E-state index is 12.9. The van der Waals surface area contributed by atoms with Gasteiger partial charge in [0.1, 0.15) is 0 Å². The summed E-state index contributed by atoms with van der Waals surface area (Å²) >= 11 is 0. The van der Waals surface area contributed by atoms with Crippen molar-refractivity contribution in [1.82, 2.24) is 4.90 Å². The first kappa shape index (κ1) is 17.9. The molecule has 2 aromatic carbocycles. The summed E-state index contributed by atoms with van der Waals surface area (Å²) in [5, 5.41) is 2.71. The molecule has 3 rings (SSSR count). The van der Waals surface area contributed by atoms with Gasteiger partial charge in [-0.25, -0.2) is 0 Å². The van der Waals surface area contributed by atoms with Crippen LogP contribution in [0, 0.1) is 0 Å². The van der Waals surface area contributed by atoms with Crippen molar-refractivity contribution in [3.05, 3.63) is 78.4 Å². The SMILES string of the molecule is C=CC(=O)Nc1ccc(CC(=O)N2CCCCC2c2ccccc2)cc1. The Labute approximate surface area is 154 Å². The first-order valence-electron chi connectivity index (χ1n) is 9.04. The van der Waals surface area contributed by atoms with E-state index in [2.05, 4.69) is 24.0 Å². The first-order valence-corrected chi connectivity index (χ1v) is 9.04. The van der Waals surface area contributed by atoms with Crippen LogP contribution in [0.3, 0.4) is 0 Å². The van der Waals surface area contributed by atoms with E-state index < -0.39 is 0 Å². The van der Waals surface area contributed by atoms with Gasteiger partial charge in [-0.15, -0.1) is 0 Å². The Bertz CT molecular complexity index is 768. The van der Waals surface area contributed by atoms with Crippen molar-refractivity contribution in [2.24, 2.45) is 0 Å². The fourth-order valence-electron chi connectivity index (χ4n) is 3.43. The summed E-state index contributed by atoms with van der Waals surface area (Å²) < 4.78 is 0. The Kier molecular flexibility index (Phi) is 5.84. The zero-order chi connectivity index (χ0) is 18.4. The molecule has 4 nitrogen and oxygen atoms in total. The summed E-state index contributed by atoms with van der Waals surface area (Å²) in [5.41, 5.74) is 2.86. The summed E-state index contributed by atoms with van der Waals surface area (Å²) in [6, 6.07) is 17.8. The maximum absolute atomic E-state index is 12.9. The molecule has 1 heterocycles. The van der Waals surface area contributed by atoms with E-state index in [4.69, 9.17) is 0 Å². The highest BCUT2D eigenvalue weighted by Crippen LogP contribution is 2.31. The van der Waals surface area contributed by atoms with Crippen molar-refractivity contribution in [1.29, 1.82) is 0 Å². The highest BCUT2D eigenvalue weighted by atomic mass is 16.2. The number of nitrogens with zero attached hydrogens (tertiary/aromatic N) is 1. The second kappa shape index (κ2) is 8.48. The van der Waals surface area contributed by atoms with Crippen LogP contribution in [0.5, 0.6) is 0 Å². The summed E-state index contributed by atoms with van der Waals surface area (Å²) in [6.45, 7) is 4.25. The lowest BCUT2D eigenvalue weighted by Gasteiger charge is -2.36. The largest absolute Gasteiger partial charge is 0.335 e. The van der Waals surface area contributed by atoms with E-state index in [1.54, 1.807) is 0 Å². The smallest absolute Gasteiger partial charge is 0.247 e. The number of amides is 2. The Balaban J connectivity index is 1.68. The van der Waals surface area contributed by atoms with E-state index in [0.717, 1.165) is 31.4 Å². The van der Waals surface area contributed by atoms with Crippen LogP contribution in [-0.4, -0.2) is 23.3 Å². The molecule has 0 aromatic heterocycles. The molecule has 2 amide bonds. The van der Waals surface area contributed by atoms with E-state index in [1.165, 1.54) is 11.6 Å². The predicted octanol–water partition coefficient (Wildman–Crippen LogP) is 4.11. The minimum atomic E-state index is -0.243.